The molecule has 14 nitrogen and oxygen atoms in total. The van der Waals surface area contributed by atoms with Crippen molar-refractivity contribution in [3.8, 4) is 5.75 Å². The Bertz CT molecular complexity index is 1640. The lowest BCUT2D eigenvalue weighted by atomic mass is 10.0. The van der Waals surface area contributed by atoms with E-state index in [1.165, 1.54) is 4.90 Å². The zero-order valence-electron chi connectivity index (χ0n) is 26.6. The molecule has 49 heavy (non-hydrogen) atoms. The van der Waals surface area contributed by atoms with Crippen molar-refractivity contribution >= 4 is 67.4 Å². The molecule has 5 rings (SSSR count). The number of hydrogen-bond acceptors (Lipinski definition) is 9. The van der Waals surface area contributed by atoms with Crippen LogP contribution in [0.15, 0.2) is 62.3 Å². The number of piperidine rings is 1. The van der Waals surface area contributed by atoms with Crippen LogP contribution in [0.4, 0.5) is 15.3 Å². The zero-order chi connectivity index (χ0) is 34.9. The highest BCUT2D eigenvalue weighted by Crippen LogP contribution is 2.34. The van der Waals surface area contributed by atoms with Gasteiger partial charge >= 0.3 is 12.1 Å². The van der Waals surface area contributed by atoms with Crippen LogP contribution in [0.1, 0.15) is 24.0 Å². The number of piperazine rings is 1. The van der Waals surface area contributed by atoms with Gasteiger partial charge in [0.05, 0.1) is 21.7 Å². The molecule has 3 aliphatic rings. The highest BCUT2D eigenvalue weighted by Gasteiger charge is 2.33. The molecule has 260 valence electrons. The molecule has 2 aromatic carbocycles. The maximum Gasteiger partial charge on any atom is 0.410 e. The van der Waals surface area contributed by atoms with E-state index in [1.807, 2.05) is 39.0 Å². The average Bonchev–Trinajstić information content (AvgIpc) is 3.27. The summed E-state index contributed by atoms with van der Waals surface area (Å²) < 4.78 is 6.55. The molecule has 0 aliphatic carbocycles. The monoisotopic (exact) mass is 801 g/mol. The van der Waals surface area contributed by atoms with E-state index in [0.717, 1.165) is 17.7 Å². The first-order chi connectivity index (χ1) is 23.6. The van der Waals surface area contributed by atoms with Crippen LogP contribution in [0, 0.1) is 0 Å². The molecule has 0 saturated carbocycles. The van der Waals surface area contributed by atoms with Crippen molar-refractivity contribution in [2.24, 2.45) is 4.99 Å². The lowest BCUT2D eigenvalue weighted by Gasteiger charge is -2.37. The van der Waals surface area contributed by atoms with E-state index in [-0.39, 0.29) is 30.8 Å². The van der Waals surface area contributed by atoms with Gasteiger partial charge in [0.2, 0.25) is 0 Å². The Balaban J connectivity index is 1.21. The summed E-state index contributed by atoms with van der Waals surface area (Å²) >= 11 is 6.60. The molecule has 0 radical (unpaired) electrons. The van der Waals surface area contributed by atoms with Crippen molar-refractivity contribution in [2.45, 2.75) is 37.8 Å². The minimum Gasteiger partial charge on any atom is -0.506 e. The second-order valence-electron chi connectivity index (χ2n) is 11.9. The van der Waals surface area contributed by atoms with E-state index >= 15 is 0 Å². The van der Waals surface area contributed by atoms with Gasteiger partial charge in [0, 0.05) is 69.8 Å². The molecule has 2 fully saturated rings. The van der Waals surface area contributed by atoms with Crippen LogP contribution in [-0.2, 0) is 27.2 Å². The van der Waals surface area contributed by atoms with E-state index in [1.54, 1.807) is 23.8 Å². The van der Waals surface area contributed by atoms with E-state index in [9.17, 15) is 24.3 Å². The van der Waals surface area contributed by atoms with Crippen molar-refractivity contribution in [1.29, 1.82) is 0 Å². The Morgan fingerprint density at radius 2 is 1.76 bits per heavy atom. The fraction of sp³-hybridized carbons (Fsp3) is 0.424. The Labute approximate surface area is 300 Å². The van der Waals surface area contributed by atoms with Crippen LogP contribution in [0.2, 0.25) is 0 Å². The fourth-order valence-electron chi connectivity index (χ4n) is 5.99. The number of carbonyl (C=O) groups is 4. The van der Waals surface area contributed by atoms with Gasteiger partial charge in [-0.05, 0) is 86.2 Å². The van der Waals surface area contributed by atoms with Gasteiger partial charge in [-0.15, -0.1) is 0 Å². The molecule has 2 saturated heterocycles. The quantitative estimate of drug-likeness (QED) is 0.135. The largest absolute Gasteiger partial charge is 0.506 e. The number of anilines is 1. The normalized spacial score (nSPS) is 17.4. The molecular weight excluding hydrogens is 766 g/mol. The number of nitrogens with one attached hydrogen (secondary N) is 2. The fourth-order valence-corrected chi connectivity index (χ4v) is 7.27. The lowest BCUT2D eigenvalue weighted by Crippen LogP contribution is -2.50. The molecule has 3 heterocycles. The number of hydroxylamine groups is 1. The van der Waals surface area contributed by atoms with E-state index in [4.69, 9.17) is 9.94 Å². The van der Waals surface area contributed by atoms with E-state index in [0.29, 0.717) is 73.2 Å². The van der Waals surface area contributed by atoms with Crippen molar-refractivity contribution in [3.05, 3.63) is 68.4 Å². The minimum atomic E-state index is -1.28. The molecule has 4 N–H and O–H groups in total. The van der Waals surface area contributed by atoms with Gasteiger partial charge in [-0.25, -0.2) is 15.1 Å². The van der Waals surface area contributed by atoms with Crippen LogP contribution >= 0.6 is 31.9 Å². The van der Waals surface area contributed by atoms with Gasteiger partial charge in [0.15, 0.2) is 6.10 Å². The number of nitrogens with zero attached hydrogens (tertiary/aromatic N) is 5. The number of rotatable bonds is 8. The number of fused-ring (bicyclic) bond motifs is 1. The SMILES string of the molecule is O=C(CN1CCN(C=C=C=NC(=O)[C@@H](Cc2cc(Br)c(O)c(Br)c2)OC(=O)N2CCC(N3CCc4ccccc4NC3=O)CC2)CC1)NO. The number of benzene rings is 2. The first-order valence-electron chi connectivity index (χ1n) is 15.9. The molecule has 3 aliphatic heterocycles. The zero-order valence-corrected chi connectivity index (χ0v) is 29.8. The predicted molar refractivity (Wildman–Crippen MR) is 186 cm³/mol. The highest BCUT2D eigenvalue weighted by atomic mass is 79.9. The summed E-state index contributed by atoms with van der Waals surface area (Å²) in [4.78, 5) is 62.1. The Morgan fingerprint density at radius 1 is 1.06 bits per heavy atom. The number of amides is 5. The summed E-state index contributed by atoms with van der Waals surface area (Å²) in [7, 11) is 0. The highest BCUT2D eigenvalue weighted by molar-refractivity contribution is 9.11. The summed E-state index contributed by atoms with van der Waals surface area (Å²) in [5, 5.41) is 21.9. The third kappa shape index (κ3) is 9.72. The van der Waals surface area contributed by atoms with E-state index in [2.05, 4.69) is 53.8 Å². The Kier molecular flexibility index (Phi) is 12.5. The number of ether oxygens (including phenoxy) is 1. The van der Waals surface area contributed by atoms with E-state index < -0.39 is 24.0 Å². The van der Waals surface area contributed by atoms with Gasteiger partial charge in [0.25, 0.3) is 11.8 Å². The molecule has 5 amide bonds. The molecule has 0 spiro atoms. The van der Waals surface area contributed by atoms with Crippen molar-refractivity contribution < 1.29 is 34.2 Å². The number of phenolic OH excluding ortho intramolecular Hbond substituents is 1. The summed E-state index contributed by atoms with van der Waals surface area (Å²) in [6.45, 7) is 3.74. The third-order valence-electron chi connectivity index (χ3n) is 8.70. The van der Waals surface area contributed by atoms with Gasteiger partial charge in [-0.1, -0.05) is 18.2 Å². The average molecular weight is 804 g/mol. The Hall–Kier alpha value is -4.17. The van der Waals surface area contributed by atoms with Crippen LogP contribution in [0.5, 0.6) is 5.75 Å². The van der Waals surface area contributed by atoms with Gasteiger partial charge in [-0.2, -0.15) is 4.99 Å². The molecule has 2 aromatic rings. The summed E-state index contributed by atoms with van der Waals surface area (Å²) in [6, 6.07) is 10.8. The van der Waals surface area contributed by atoms with Gasteiger partial charge < -0.3 is 29.9 Å². The number of aliphatic imine (C=N–C) groups is 1. The molecule has 1 atom stereocenters. The van der Waals surface area contributed by atoms with Crippen LogP contribution in [0.25, 0.3) is 0 Å². The summed E-state index contributed by atoms with van der Waals surface area (Å²) in [5.41, 5.74) is 6.89. The number of phenols is 1. The number of carbonyl (C=O) groups excluding carboxylic acids is 4. The number of urea groups is 1. The third-order valence-corrected chi connectivity index (χ3v) is 9.91. The van der Waals surface area contributed by atoms with Gasteiger partial charge in [0.1, 0.15) is 5.75 Å². The van der Waals surface area contributed by atoms with Crippen molar-refractivity contribution in [1.82, 2.24) is 25.1 Å². The second-order valence-corrected chi connectivity index (χ2v) is 13.6. The topological polar surface area (TPSA) is 167 Å². The number of hydrogen-bond donors (Lipinski definition) is 4. The van der Waals surface area contributed by atoms with Gasteiger partial charge in [-0.3, -0.25) is 19.7 Å². The minimum absolute atomic E-state index is 0.00273. The standard InChI is InChI=1S/C33H37Br2N7O7/c34-25-18-22(19-26(35)30(25)44)20-28(31(45)36-9-3-10-39-14-16-40(17-15-39)21-29(43)38-48)49-33(47)41-11-7-24(8-12-41)42-13-6-23-4-1-2-5-27(23)37-32(42)46/h1-2,4-5,10,18-19,24,28,44,48H,6-8,11-17,20-21H2,(H,37,46)(H,38,43)/t28-/m1/s1. The van der Waals surface area contributed by atoms with Crippen LogP contribution in [-0.4, -0.2) is 124 Å². The van der Waals surface area contributed by atoms with Crippen molar-refractivity contribution in [3.63, 3.8) is 0 Å². The molecule has 0 bridgehead atoms. The maximum atomic E-state index is 13.4. The van der Waals surface area contributed by atoms with Crippen LogP contribution < -0.4 is 10.8 Å². The van der Waals surface area contributed by atoms with Crippen LogP contribution in [0.3, 0.4) is 0 Å². The first kappa shape index (κ1) is 36.1. The summed E-state index contributed by atoms with van der Waals surface area (Å²) in [6.07, 6.45) is 1.52. The lowest BCUT2D eigenvalue weighted by molar-refractivity contribution is -0.130. The predicted octanol–water partition coefficient (Wildman–Crippen LogP) is 3.51. The second kappa shape index (κ2) is 17.0. The Morgan fingerprint density at radius 3 is 2.45 bits per heavy atom. The number of para-hydroxylation sites is 1. The van der Waals surface area contributed by atoms with Crippen molar-refractivity contribution in [2.75, 3.05) is 57.7 Å². The molecule has 16 heteroatoms. The number of likely N-dealkylation sites (tertiary alicyclic amines) is 1. The smallest absolute Gasteiger partial charge is 0.410 e. The molecule has 0 unspecified atom stereocenters. The molecule has 0 aromatic heterocycles. The summed E-state index contributed by atoms with van der Waals surface area (Å²) in [5.74, 6) is 1.29. The first-order valence-corrected chi connectivity index (χ1v) is 17.5. The number of aromatic hydroxyl groups is 1. The maximum absolute atomic E-state index is 13.4. The number of halogens is 2. The molecular formula is C33H37Br2N7O7.